The van der Waals surface area contributed by atoms with E-state index in [9.17, 15) is 0 Å². The van der Waals surface area contributed by atoms with E-state index in [2.05, 4.69) is 196 Å². The van der Waals surface area contributed by atoms with Crippen molar-refractivity contribution in [2.75, 3.05) is 4.90 Å². The Morgan fingerprint density at radius 3 is 1.85 bits per heavy atom. The van der Waals surface area contributed by atoms with E-state index in [1.54, 1.807) is 0 Å². The quantitative estimate of drug-likeness (QED) is 0.176. The largest absolute Gasteiger partial charge is 0.311 e. The average Bonchev–Trinajstić information content (AvgIpc) is 3.91. The normalized spacial score (nSPS) is 17.9. The van der Waals surface area contributed by atoms with Crippen molar-refractivity contribution in [3.8, 4) is 22.3 Å². The molecule has 0 aromatic heterocycles. The van der Waals surface area contributed by atoms with Crippen molar-refractivity contribution in [1.29, 1.82) is 0 Å². The first-order chi connectivity index (χ1) is 26.9. The highest BCUT2D eigenvalue weighted by molar-refractivity contribution is 6.07. The molecule has 5 aliphatic carbocycles. The maximum Gasteiger partial charge on any atom is 0.0803 e. The van der Waals surface area contributed by atoms with Gasteiger partial charge in [-0.25, -0.2) is 0 Å². The first-order valence-electron chi connectivity index (χ1n) is 19.6. The smallest absolute Gasteiger partial charge is 0.0803 e. The molecule has 0 N–H and O–H groups in total. The van der Waals surface area contributed by atoms with Crippen molar-refractivity contribution in [3.63, 3.8) is 0 Å². The summed E-state index contributed by atoms with van der Waals surface area (Å²) < 4.78 is 0. The van der Waals surface area contributed by atoms with Crippen molar-refractivity contribution < 1.29 is 0 Å². The maximum atomic E-state index is 2.73. The van der Waals surface area contributed by atoms with Crippen molar-refractivity contribution in [1.82, 2.24) is 0 Å². The molecule has 1 heteroatoms. The van der Waals surface area contributed by atoms with Gasteiger partial charge in [0.15, 0.2) is 0 Å². The van der Waals surface area contributed by atoms with Gasteiger partial charge in [-0.3, -0.25) is 0 Å². The van der Waals surface area contributed by atoms with Crippen LogP contribution in [0.2, 0.25) is 0 Å². The van der Waals surface area contributed by atoms with Crippen LogP contribution in [0.4, 0.5) is 11.4 Å². The first-order valence-corrected chi connectivity index (χ1v) is 19.6. The molecule has 262 valence electrons. The number of hydrogen-bond acceptors (Lipinski definition) is 1. The van der Waals surface area contributed by atoms with Crippen LogP contribution in [0.3, 0.4) is 0 Å². The van der Waals surface area contributed by atoms with Gasteiger partial charge >= 0.3 is 0 Å². The Kier molecular flexibility index (Phi) is 6.86. The summed E-state index contributed by atoms with van der Waals surface area (Å²) >= 11 is 0. The molecule has 6 aromatic carbocycles. The molecule has 0 amide bonds. The molecular weight excluding hydrogens is 663 g/mol. The molecule has 1 spiro atoms. The van der Waals surface area contributed by atoms with Crippen molar-refractivity contribution in [2.24, 2.45) is 5.41 Å². The van der Waals surface area contributed by atoms with Crippen LogP contribution in [0, 0.1) is 33.1 Å². The third-order valence-corrected chi connectivity index (χ3v) is 13.0. The summed E-state index contributed by atoms with van der Waals surface area (Å²) in [5.41, 5.74) is 26.9. The molecule has 1 nitrogen and oxygen atoms in total. The predicted molar refractivity (Wildman–Crippen MR) is 232 cm³/mol. The van der Waals surface area contributed by atoms with Crippen LogP contribution in [0.15, 0.2) is 169 Å². The second-order valence-corrected chi connectivity index (χ2v) is 15.8. The van der Waals surface area contributed by atoms with Crippen LogP contribution in [-0.2, 0) is 6.42 Å². The van der Waals surface area contributed by atoms with Gasteiger partial charge in [-0.05, 0) is 141 Å². The van der Waals surface area contributed by atoms with E-state index in [1.165, 1.54) is 117 Å². The molecule has 0 radical (unpaired) electrons. The highest BCUT2D eigenvalue weighted by Crippen LogP contribution is 2.64. The molecule has 5 aliphatic rings. The van der Waals surface area contributed by atoms with Gasteiger partial charge in [0.2, 0.25) is 0 Å². The van der Waals surface area contributed by atoms with E-state index in [-0.39, 0.29) is 0 Å². The number of benzene rings is 6. The summed E-state index contributed by atoms with van der Waals surface area (Å²) in [5.74, 6) is 0. The number of allylic oxidation sites excluding steroid dienone is 7. The molecule has 55 heavy (non-hydrogen) atoms. The average molecular weight is 704 g/mol. The molecule has 0 saturated carbocycles. The molecular formula is C54H41N. The van der Waals surface area contributed by atoms with E-state index in [0.717, 1.165) is 6.42 Å². The summed E-state index contributed by atoms with van der Waals surface area (Å²) in [6.07, 6.45) is 17.9. The van der Waals surface area contributed by atoms with Crippen LogP contribution in [0.25, 0.3) is 45.6 Å². The third-order valence-electron chi connectivity index (χ3n) is 13.0. The van der Waals surface area contributed by atoms with Crippen LogP contribution in [0.5, 0.6) is 0 Å². The number of nitrogens with zero attached hydrogens (tertiary/aromatic N) is 1. The Labute approximate surface area is 324 Å². The lowest BCUT2D eigenvalue weighted by Gasteiger charge is -2.47. The zero-order valence-electron chi connectivity index (χ0n) is 31.7. The topological polar surface area (TPSA) is 3.24 Å². The molecule has 0 heterocycles. The summed E-state index contributed by atoms with van der Waals surface area (Å²) in [5, 5.41) is 0. The molecule has 1 unspecified atom stereocenters. The lowest BCUT2D eigenvalue weighted by molar-refractivity contribution is 0.675. The lowest BCUT2D eigenvalue weighted by Crippen LogP contribution is -2.38. The predicted octanol–water partition coefficient (Wildman–Crippen LogP) is 13.7. The number of aryl methyl sites for hydroxylation is 2. The van der Waals surface area contributed by atoms with Crippen molar-refractivity contribution in [2.45, 2.75) is 34.1 Å². The molecule has 0 fully saturated rings. The van der Waals surface area contributed by atoms with E-state index in [1.807, 2.05) is 0 Å². The summed E-state index contributed by atoms with van der Waals surface area (Å²) in [6, 6.07) is 45.0. The van der Waals surface area contributed by atoms with Gasteiger partial charge in [-0.15, -0.1) is 0 Å². The van der Waals surface area contributed by atoms with Crippen molar-refractivity contribution in [3.05, 3.63) is 224 Å². The third kappa shape index (κ3) is 4.41. The fourth-order valence-corrected chi connectivity index (χ4v) is 10.1. The Morgan fingerprint density at radius 2 is 1.13 bits per heavy atom. The minimum absolute atomic E-state index is 0.578. The molecule has 11 rings (SSSR count). The van der Waals surface area contributed by atoms with Gasteiger partial charge in [0, 0.05) is 17.7 Å². The summed E-state index contributed by atoms with van der Waals surface area (Å²) in [4.78, 5) is 2.73. The van der Waals surface area contributed by atoms with Crippen LogP contribution in [0.1, 0.15) is 55.6 Å². The van der Waals surface area contributed by atoms with Crippen LogP contribution in [-0.4, -0.2) is 0 Å². The minimum Gasteiger partial charge on any atom is -0.311 e. The van der Waals surface area contributed by atoms with Crippen LogP contribution < -0.4 is 4.90 Å². The van der Waals surface area contributed by atoms with Crippen molar-refractivity contribution >= 4 is 34.7 Å². The monoisotopic (exact) mass is 703 g/mol. The molecule has 0 saturated heterocycles. The zero-order chi connectivity index (χ0) is 37.0. The van der Waals surface area contributed by atoms with E-state index in [4.69, 9.17) is 0 Å². The Hall–Kier alpha value is -6.44. The number of fused-ring (bicyclic) bond motifs is 11. The number of rotatable bonds is 4. The zero-order valence-corrected chi connectivity index (χ0v) is 31.7. The molecule has 1 atom stereocenters. The van der Waals surface area contributed by atoms with Gasteiger partial charge in [-0.2, -0.15) is 0 Å². The van der Waals surface area contributed by atoms with Gasteiger partial charge in [0.05, 0.1) is 16.8 Å². The summed E-state index contributed by atoms with van der Waals surface area (Å²) in [6.45, 7) is 9.25. The number of hydrogen-bond donors (Lipinski definition) is 0. The van der Waals surface area contributed by atoms with Gasteiger partial charge < -0.3 is 4.90 Å². The fourth-order valence-electron chi connectivity index (χ4n) is 10.1. The molecule has 6 aromatic rings. The second-order valence-electron chi connectivity index (χ2n) is 15.8. The Bertz CT molecular complexity index is 2840. The Balaban J connectivity index is 1.28. The highest BCUT2D eigenvalue weighted by Gasteiger charge is 2.51. The van der Waals surface area contributed by atoms with E-state index >= 15 is 0 Å². The SMILES string of the molecule is Cc1ccc(-c2ccccc2)c(N(C2=CC=C3C(=Cc4ccccc43)C23C=CC=C2C3=Cc3ccccc32)c2c(C)c(C)cc3c2Cc2ccccc2-3)c1C. The van der Waals surface area contributed by atoms with Gasteiger partial charge in [0.25, 0.3) is 0 Å². The summed E-state index contributed by atoms with van der Waals surface area (Å²) in [7, 11) is 0. The highest BCUT2D eigenvalue weighted by atomic mass is 15.2. The minimum atomic E-state index is -0.578. The number of anilines is 2. The molecule has 0 bridgehead atoms. The van der Waals surface area contributed by atoms with E-state index < -0.39 is 5.41 Å². The van der Waals surface area contributed by atoms with Gasteiger partial charge in [0.1, 0.15) is 0 Å². The van der Waals surface area contributed by atoms with Crippen LogP contribution >= 0.6 is 0 Å². The second kappa shape index (κ2) is 11.8. The maximum absolute atomic E-state index is 2.73. The Morgan fingerprint density at radius 1 is 0.509 bits per heavy atom. The molecule has 0 aliphatic heterocycles. The lowest BCUT2D eigenvalue weighted by atomic mass is 9.63. The van der Waals surface area contributed by atoms with E-state index in [0.29, 0.717) is 0 Å². The standard InChI is InChI=1S/C54H41N/c1-33-24-25-44(37-15-6-5-7-16-37)52(35(33)3)55(53-36(4)34(2)29-47-43-22-13-8-17-38(43)30-48(47)53)51-27-26-46-42-21-12-10-19-40(42)32-50(46)54(51)28-14-23-45-41-20-11-9-18-39(41)31-49(45)54/h5-29,31-32H,30H2,1-4H3. The van der Waals surface area contributed by atoms with Gasteiger partial charge in [-0.1, -0.05) is 146 Å². The first kappa shape index (κ1) is 32.0. The fraction of sp³-hybridized carbons (Fsp3) is 0.111.